The maximum Gasteiger partial charge on any atom is 0.163 e. The quantitative estimate of drug-likeness (QED) is 0.166. The number of furan rings is 1. The smallest absolute Gasteiger partial charge is 0.163 e. The maximum absolute atomic E-state index is 7.33. The van der Waals surface area contributed by atoms with Crippen molar-refractivity contribution >= 4 is 94.2 Å². The van der Waals surface area contributed by atoms with E-state index in [1.165, 1.54) is 54.9 Å². The summed E-state index contributed by atoms with van der Waals surface area (Å²) in [7, 11) is 0. The van der Waals surface area contributed by atoms with Gasteiger partial charge < -0.3 is 18.6 Å². The Morgan fingerprint density at radius 1 is 0.333 bits per heavy atom. The Morgan fingerprint density at radius 3 is 1.18 bits per heavy atom. The van der Waals surface area contributed by atoms with Crippen LogP contribution in [0.4, 0.5) is 34.1 Å². The molecular formula is C68H71N3O. The van der Waals surface area contributed by atoms with E-state index >= 15 is 0 Å². The fourth-order valence-corrected chi connectivity index (χ4v) is 11.0. The lowest BCUT2D eigenvalue weighted by atomic mass is 9.86. The van der Waals surface area contributed by atoms with E-state index in [1.54, 1.807) is 0 Å². The predicted octanol–water partition coefficient (Wildman–Crippen LogP) is 20.2. The van der Waals surface area contributed by atoms with Crippen LogP contribution in [0.15, 0.2) is 162 Å². The van der Waals surface area contributed by atoms with Crippen molar-refractivity contribution in [2.24, 2.45) is 0 Å². The van der Waals surface area contributed by atoms with Gasteiger partial charge in [0, 0.05) is 50.0 Å². The first-order chi connectivity index (χ1) is 33.9. The van der Waals surface area contributed by atoms with Gasteiger partial charge in [0.2, 0.25) is 0 Å². The van der Waals surface area contributed by atoms with Gasteiger partial charge in [0.15, 0.2) is 5.58 Å². The second kappa shape index (κ2) is 16.2. The van der Waals surface area contributed by atoms with Crippen LogP contribution in [-0.4, -0.2) is 4.40 Å². The van der Waals surface area contributed by atoms with E-state index in [2.05, 4.69) is 276 Å². The third-order valence-electron chi connectivity index (χ3n) is 15.3. The number of hydrogen-bond acceptors (Lipinski definition) is 3. The maximum atomic E-state index is 7.33. The molecule has 0 atom stereocenters. The molecule has 0 fully saturated rings. The molecule has 4 nitrogen and oxygen atoms in total. The number of hydrogen-bond donors (Lipinski definition) is 0. The van der Waals surface area contributed by atoms with Gasteiger partial charge in [-0.05, 0) is 133 Å². The van der Waals surface area contributed by atoms with Gasteiger partial charge in [-0.2, -0.15) is 0 Å². The Labute approximate surface area is 427 Å². The van der Waals surface area contributed by atoms with Gasteiger partial charge in [-0.25, -0.2) is 0 Å². The summed E-state index contributed by atoms with van der Waals surface area (Å²) in [4.78, 5) is 4.93. The Balaban J connectivity index is 1.28. The van der Waals surface area contributed by atoms with Crippen molar-refractivity contribution in [3.05, 3.63) is 186 Å². The first-order valence-corrected chi connectivity index (χ1v) is 26.0. The van der Waals surface area contributed by atoms with Gasteiger partial charge in [-0.3, -0.25) is 0 Å². The van der Waals surface area contributed by atoms with Gasteiger partial charge in [0.25, 0.3) is 0 Å². The molecule has 0 N–H and O–H groups in total. The molecule has 11 rings (SSSR count). The van der Waals surface area contributed by atoms with Crippen LogP contribution in [0.25, 0.3) is 60.0 Å². The highest BCUT2D eigenvalue weighted by Gasteiger charge is 2.32. The summed E-state index contributed by atoms with van der Waals surface area (Å²) in [5.74, 6) is 0. The molecule has 3 heterocycles. The Bertz CT molecular complexity index is 3720. The zero-order valence-electron chi connectivity index (χ0n) is 45.3. The third kappa shape index (κ3) is 7.81. The van der Waals surface area contributed by atoms with Gasteiger partial charge in [0.05, 0.1) is 22.1 Å². The second-order valence-electron chi connectivity index (χ2n) is 25.6. The van der Waals surface area contributed by atoms with Crippen LogP contribution in [0, 0.1) is 0 Å². The van der Waals surface area contributed by atoms with E-state index < -0.39 is 0 Å². The molecule has 8 aromatic carbocycles. The van der Waals surface area contributed by atoms with Crippen molar-refractivity contribution in [2.75, 3.05) is 9.80 Å². The standard InChI is InChI=1S/C68H71N3O/c1-64(2,3)42-20-29-47(30-21-42)69(48-31-22-43(23-32-48)65(4,5)6)51-37-38-54-56(41-51)71-61-55-40-46(68(13,14)15)28-39-57(55)72-63(61)59-60(53-19-17-16-18-52(53)58(54)62(59)71)70(49-33-24-44(25-34-49)66(7,8)9)50-35-26-45(27-36-50)67(10,11)12/h16-41H,1-15H3. The first kappa shape index (κ1) is 47.3. The highest BCUT2D eigenvalue weighted by molar-refractivity contribution is 6.37. The molecule has 0 saturated heterocycles. The molecule has 0 radical (unpaired) electrons. The largest absolute Gasteiger partial charge is 0.454 e. The topological polar surface area (TPSA) is 24.0 Å². The monoisotopic (exact) mass is 946 g/mol. The molecule has 0 aliphatic rings. The minimum Gasteiger partial charge on any atom is -0.454 e. The molecule has 0 aliphatic carbocycles. The van der Waals surface area contributed by atoms with Crippen molar-refractivity contribution < 1.29 is 4.42 Å². The van der Waals surface area contributed by atoms with Gasteiger partial charge >= 0.3 is 0 Å². The molecule has 0 spiro atoms. The summed E-state index contributed by atoms with van der Waals surface area (Å²) >= 11 is 0. The van der Waals surface area contributed by atoms with Crippen LogP contribution in [-0.2, 0) is 27.1 Å². The Hall–Kier alpha value is -7.04. The zero-order valence-corrected chi connectivity index (χ0v) is 45.3. The van der Waals surface area contributed by atoms with Gasteiger partial charge in [-0.1, -0.05) is 189 Å². The summed E-state index contributed by atoms with van der Waals surface area (Å²) in [6.45, 7) is 34.3. The van der Waals surface area contributed by atoms with Crippen molar-refractivity contribution in [3.8, 4) is 0 Å². The molecule has 0 amide bonds. The van der Waals surface area contributed by atoms with Gasteiger partial charge in [-0.15, -0.1) is 0 Å². The number of aromatic nitrogens is 1. The highest BCUT2D eigenvalue weighted by Crippen LogP contribution is 2.54. The normalized spacial score (nSPS) is 13.2. The Kier molecular flexibility index (Phi) is 10.7. The minimum atomic E-state index is -0.0638. The summed E-state index contributed by atoms with van der Waals surface area (Å²) in [6, 6.07) is 59.9. The van der Waals surface area contributed by atoms with E-state index in [4.69, 9.17) is 4.42 Å². The van der Waals surface area contributed by atoms with E-state index in [0.717, 1.165) is 67.1 Å². The number of benzene rings is 8. The molecule has 3 aromatic heterocycles. The molecule has 0 aliphatic heterocycles. The Morgan fingerprint density at radius 2 is 0.736 bits per heavy atom. The lowest BCUT2D eigenvalue weighted by Crippen LogP contribution is -2.15. The molecule has 11 aromatic rings. The second-order valence-corrected chi connectivity index (χ2v) is 25.6. The number of nitrogens with zero attached hydrogens (tertiary/aromatic N) is 3. The van der Waals surface area contributed by atoms with Crippen molar-refractivity contribution in [2.45, 2.75) is 131 Å². The van der Waals surface area contributed by atoms with Crippen molar-refractivity contribution in [1.82, 2.24) is 4.40 Å². The summed E-state index contributed by atoms with van der Waals surface area (Å²) in [5.41, 5.74) is 18.4. The first-order valence-electron chi connectivity index (χ1n) is 26.0. The zero-order chi connectivity index (χ0) is 51.0. The molecular weight excluding hydrogens is 875 g/mol. The molecule has 72 heavy (non-hydrogen) atoms. The van der Waals surface area contributed by atoms with Crippen LogP contribution in [0.1, 0.15) is 132 Å². The molecule has 0 unspecified atom stereocenters. The summed E-state index contributed by atoms with van der Waals surface area (Å²) < 4.78 is 9.89. The average Bonchev–Trinajstić information content (AvgIpc) is 3.97. The van der Waals surface area contributed by atoms with Crippen LogP contribution < -0.4 is 9.80 Å². The lowest BCUT2D eigenvalue weighted by molar-refractivity contribution is 0.590. The van der Waals surface area contributed by atoms with Crippen molar-refractivity contribution in [3.63, 3.8) is 0 Å². The third-order valence-corrected chi connectivity index (χ3v) is 15.3. The van der Waals surface area contributed by atoms with E-state index in [0.29, 0.717) is 0 Å². The fraction of sp³-hybridized carbons (Fsp3) is 0.294. The highest BCUT2D eigenvalue weighted by atomic mass is 16.3. The van der Waals surface area contributed by atoms with Gasteiger partial charge in [0.1, 0.15) is 11.1 Å². The summed E-state index contributed by atoms with van der Waals surface area (Å²) in [6.07, 6.45) is 0. The minimum absolute atomic E-state index is 0.00755. The summed E-state index contributed by atoms with van der Waals surface area (Å²) in [5, 5.41) is 7.06. The molecule has 0 saturated carbocycles. The lowest BCUT2D eigenvalue weighted by Gasteiger charge is -2.29. The van der Waals surface area contributed by atoms with E-state index in [1.807, 2.05) is 0 Å². The van der Waals surface area contributed by atoms with Crippen molar-refractivity contribution in [1.29, 1.82) is 0 Å². The fourth-order valence-electron chi connectivity index (χ4n) is 11.0. The SMILES string of the molecule is CC(C)(C)c1ccc(N(c2ccc(C(C)(C)C)cc2)c2ccc3c4c5ccccc5c(N(c5ccc(C(C)(C)C)cc5)c5ccc(C(C)(C)C)cc5)c5c6oc7ccc(C(C)(C)C)cc7c6n(c3c2)c54)cc1. The van der Waals surface area contributed by atoms with Crippen LogP contribution in [0.3, 0.4) is 0 Å². The van der Waals surface area contributed by atoms with E-state index in [-0.39, 0.29) is 27.1 Å². The van der Waals surface area contributed by atoms with Crippen LogP contribution >= 0.6 is 0 Å². The number of anilines is 6. The average molecular weight is 946 g/mol. The number of rotatable bonds is 6. The molecule has 0 bridgehead atoms. The molecule has 364 valence electrons. The van der Waals surface area contributed by atoms with Crippen LogP contribution in [0.2, 0.25) is 0 Å². The number of fused-ring (bicyclic) bond motifs is 10. The predicted molar refractivity (Wildman–Crippen MR) is 311 cm³/mol. The molecule has 4 heteroatoms. The van der Waals surface area contributed by atoms with Crippen LogP contribution in [0.5, 0.6) is 0 Å². The van der Waals surface area contributed by atoms with E-state index in [9.17, 15) is 0 Å².